The highest BCUT2D eigenvalue weighted by Crippen LogP contribution is 2.05. The van der Waals surface area contributed by atoms with Crippen molar-refractivity contribution in [3.63, 3.8) is 0 Å². The van der Waals surface area contributed by atoms with Gasteiger partial charge in [0.05, 0.1) is 12.0 Å². The van der Waals surface area contributed by atoms with Crippen molar-refractivity contribution < 1.29 is 9.26 Å². The van der Waals surface area contributed by atoms with Crippen LogP contribution in [0.1, 0.15) is 18.6 Å². The van der Waals surface area contributed by atoms with Crippen LogP contribution in [-0.2, 0) is 17.8 Å². The zero-order chi connectivity index (χ0) is 9.68. The molecule has 0 aliphatic carbocycles. The van der Waals surface area contributed by atoms with Crippen molar-refractivity contribution in [2.45, 2.75) is 20.0 Å². The second-order valence-electron chi connectivity index (χ2n) is 2.77. The molecule has 0 spiro atoms. The normalized spacial score (nSPS) is 12.4. The first-order valence-electron chi connectivity index (χ1n) is 3.96. The molecular weight excluding hydrogens is 170 g/mol. The summed E-state index contributed by atoms with van der Waals surface area (Å²) in [6.45, 7) is 2.14. The molecule has 0 fully saturated rings. The number of rotatable bonds is 4. The maximum Gasteiger partial charge on any atom is 0.228 e. The van der Waals surface area contributed by atoms with Gasteiger partial charge in [0.25, 0.3) is 0 Å². The molecule has 1 aromatic heterocycles. The topological polar surface area (TPSA) is 71.9 Å². The van der Waals surface area contributed by atoms with E-state index < -0.39 is 0 Å². The van der Waals surface area contributed by atoms with Gasteiger partial charge in [0, 0.05) is 13.5 Å². The standard InChI is InChI=1S/C8H11N3O2/c1-6(4-9)3-8-10-7(5-12-2)11-13-8/h6H,3,5H2,1-2H3. The molecule has 1 aromatic rings. The van der Waals surface area contributed by atoms with E-state index in [-0.39, 0.29) is 5.92 Å². The van der Waals surface area contributed by atoms with Crippen LogP contribution < -0.4 is 0 Å². The van der Waals surface area contributed by atoms with Crippen LogP contribution >= 0.6 is 0 Å². The fourth-order valence-electron chi connectivity index (χ4n) is 0.868. The predicted octanol–water partition coefficient (Wildman–Crippen LogP) is 0.918. The molecule has 70 valence electrons. The number of nitriles is 1. The van der Waals surface area contributed by atoms with Crippen LogP contribution in [-0.4, -0.2) is 17.3 Å². The van der Waals surface area contributed by atoms with E-state index in [1.807, 2.05) is 0 Å². The summed E-state index contributed by atoms with van der Waals surface area (Å²) in [4.78, 5) is 4.03. The first kappa shape index (κ1) is 9.68. The predicted molar refractivity (Wildman–Crippen MR) is 43.5 cm³/mol. The summed E-state index contributed by atoms with van der Waals surface area (Å²) in [5, 5.41) is 12.2. The lowest BCUT2D eigenvalue weighted by molar-refractivity contribution is 0.174. The Kier molecular flexibility index (Phi) is 3.41. The van der Waals surface area contributed by atoms with Gasteiger partial charge in [-0.05, 0) is 6.92 Å². The lowest BCUT2D eigenvalue weighted by Crippen LogP contribution is -1.97. The molecule has 0 aliphatic heterocycles. The summed E-state index contributed by atoms with van der Waals surface area (Å²) in [7, 11) is 1.56. The van der Waals surface area contributed by atoms with Crippen LogP contribution in [0.5, 0.6) is 0 Å². The smallest absolute Gasteiger partial charge is 0.228 e. The van der Waals surface area contributed by atoms with E-state index in [4.69, 9.17) is 14.5 Å². The van der Waals surface area contributed by atoms with E-state index >= 15 is 0 Å². The van der Waals surface area contributed by atoms with Crippen molar-refractivity contribution in [1.82, 2.24) is 10.1 Å². The number of aromatic nitrogens is 2. The minimum atomic E-state index is -0.101. The number of hydrogen-bond acceptors (Lipinski definition) is 5. The third kappa shape index (κ3) is 2.84. The van der Waals surface area contributed by atoms with Gasteiger partial charge in [-0.2, -0.15) is 10.2 Å². The van der Waals surface area contributed by atoms with E-state index in [9.17, 15) is 0 Å². The maximum absolute atomic E-state index is 8.54. The molecule has 5 heteroatoms. The van der Waals surface area contributed by atoms with Gasteiger partial charge in [-0.3, -0.25) is 0 Å². The Morgan fingerprint density at radius 1 is 1.69 bits per heavy atom. The van der Waals surface area contributed by atoms with E-state index in [1.54, 1.807) is 14.0 Å². The fourth-order valence-corrected chi connectivity index (χ4v) is 0.868. The van der Waals surface area contributed by atoms with Crippen molar-refractivity contribution in [2.75, 3.05) is 7.11 Å². The minimum Gasteiger partial charge on any atom is -0.377 e. The molecule has 0 saturated carbocycles. The molecule has 5 nitrogen and oxygen atoms in total. The number of hydrogen-bond donors (Lipinski definition) is 0. The monoisotopic (exact) mass is 181 g/mol. The van der Waals surface area contributed by atoms with Gasteiger partial charge < -0.3 is 9.26 Å². The van der Waals surface area contributed by atoms with Crippen molar-refractivity contribution in [1.29, 1.82) is 5.26 Å². The van der Waals surface area contributed by atoms with Crippen LogP contribution in [0.25, 0.3) is 0 Å². The lowest BCUT2D eigenvalue weighted by atomic mass is 10.1. The molecule has 1 heterocycles. The van der Waals surface area contributed by atoms with E-state index in [0.29, 0.717) is 24.7 Å². The van der Waals surface area contributed by atoms with Crippen LogP contribution in [0.4, 0.5) is 0 Å². The molecule has 1 unspecified atom stereocenters. The SMILES string of the molecule is COCc1noc(CC(C)C#N)n1. The molecule has 0 bridgehead atoms. The highest BCUT2D eigenvalue weighted by molar-refractivity contribution is 4.91. The Hall–Kier alpha value is -1.41. The maximum atomic E-state index is 8.54. The van der Waals surface area contributed by atoms with Crippen LogP contribution in [0.3, 0.4) is 0 Å². The lowest BCUT2D eigenvalue weighted by Gasteiger charge is -1.93. The van der Waals surface area contributed by atoms with Gasteiger partial charge in [0.2, 0.25) is 5.89 Å². The average molecular weight is 181 g/mol. The first-order chi connectivity index (χ1) is 6.26. The van der Waals surface area contributed by atoms with E-state index in [2.05, 4.69) is 16.2 Å². The molecular formula is C8H11N3O2. The molecule has 0 radical (unpaired) electrons. The molecule has 0 aliphatic rings. The Bertz CT molecular complexity index is 303. The first-order valence-corrected chi connectivity index (χ1v) is 3.96. The highest BCUT2D eigenvalue weighted by Gasteiger charge is 2.09. The quantitative estimate of drug-likeness (QED) is 0.690. The van der Waals surface area contributed by atoms with Gasteiger partial charge in [0.1, 0.15) is 6.61 Å². The summed E-state index contributed by atoms with van der Waals surface area (Å²) in [6, 6.07) is 2.10. The second kappa shape index (κ2) is 4.58. The van der Waals surface area contributed by atoms with Crippen molar-refractivity contribution in [2.24, 2.45) is 5.92 Å². The van der Waals surface area contributed by atoms with Gasteiger partial charge in [-0.1, -0.05) is 5.16 Å². The average Bonchev–Trinajstić information content (AvgIpc) is 2.53. The second-order valence-corrected chi connectivity index (χ2v) is 2.77. The summed E-state index contributed by atoms with van der Waals surface area (Å²) < 4.78 is 9.72. The zero-order valence-electron chi connectivity index (χ0n) is 7.65. The largest absolute Gasteiger partial charge is 0.377 e. The molecule has 0 N–H and O–H groups in total. The molecule has 0 amide bonds. The number of ether oxygens (including phenoxy) is 1. The van der Waals surface area contributed by atoms with Gasteiger partial charge in [0.15, 0.2) is 5.82 Å². The van der Waals surface area contributed by atoms with Crippen LogP contribution in [0.2, 0.25) is 0 Å². The summed E-state index contributed by atoms with van der Waals surface area (Å²) in [6.07, 6.45) is 0.493. The Balaban J connectivity index is 2.54. The fraction of sp³-hybridized carbons (Fsp3) is 0.625. The number of methoxy groups -OCH3 is 1. The van der Waals surface area contributed by atoms with Crippen molar-refractivity contribution in [3.05, 3.63) is 11.7 Å². The van der Waals surface area contributed by atoms with Crippen LogP contribution in [0, 0.1) is 17.2 Å². The third-order valence-corrected chi connectivity index (χ3v) is 1.48. The summed E-state index contributed by atoms with van der Waals surface area (Å²) in [5.74, 6) is 0.902. The molecule has 0 aromatic carbocycles. The van der Waals surface area contributed by atoms with E-state index in [1.165, 1.54) is 0 Å². The summed E-state index contributed by atoms with van der Waals surface area (Å²) >= 11 is 0. The molecule has 1 rings (SSSR count). The Labute approximate surface area is 76.3 Å². The van der Waals surface area contributed by atoms with E-state index in [0.717, 1.165) is 0 Å². The highest BCUT2D eigenvalue weighted by atomic mass is 16.5. The number of nitrogens with zero attached hydrogens (tertiary/aromatic N) is 3. The molecule has 13 heavy (non-hydrogen) atoms. The Morgan fingerprint density at radius 3 is 3.08 bits per heavy atom. The van der Waals surface area contributed by atoms with Gasteiger partial charge in [-0.25, -0.2) is 0 Å². The third-order valence-electron chi connectivity index (χ3n) is 1.48. The zero-order valence-corrected chi connectivity index (χ0v) is 7.65. The van der Waals surface area contributed by atoms with Crippen molar-refractivity contribution in [3.8, 4) is 6.07 Å². The Morgan fingerprint density at radius 2 is 2.46 bits per heavy atom. The van der Waals surface area contributed by atoms with Crippen molar-refractivity contribution >= 4 is 0 Å². The summed E-state index contributed by atoms with van der Waals surface area (Å²) in [5.41, 5.74) is 0. The van der Waals surface area contributed by atoms with Gasteiger partial charge in [-0.15, -0.1) is 0 Å². The minimum absolute atomic E-state index is 0.101. The van der Waals surface area contributed by atoms with Gasteiger partial charge >= 0.3 is 0 Å². The molecule has 1 atom stereocenters. The molecule has 0 saturated heterocycles. The van der Waals surface area contributed by atoms with Crippen LogP contribution in [0.15, 0.2) is 4.52 Å².